The number of halogens is 1. The maximum Gasteiger partial charge on any atom is 0.244 e. The van der Waals surface area contributed by atoms with E-state index in [1.54, 1.807) is 24.3 Å². The number of aromatic nitrogens is 2. The van der Waals surface area contributed by atoms with Gasteiger partial charge in [0.25, 0.3) is 0 Å². The topological polar surface area (TPSA) is 108 Å². The van der Waals surface area contributed by atoms with Crippen molar-refractivity contribution >= 4 is 15.9 Å². The minimum atomic E-state index is -0.443. The highest BCUT2D eigenvalue weighted by atomic mass is 79.9. The molecule has 2 heterocycles. The lowest BCUT2D eigenvalue weighted by molar-refractivity contribution is 0.379. The highest BCUT2D eigenvalue weighted by Crippen LogP contribution is 2.45. The first-order valence-electron chi connectivity index (χ1n) is 7.79. The number of aromatic hydroxyl groups is 1. The van der Waals surface area contributed by atoms with Gasteiger partial charge in [0.1, 0.15) is 17.4 Å². The summed E-state index contributed by atoms with van der Waals surface area (Å²) in [6, 6.07) is 16.6. The van der Waals surface area contributed by atoms with Crippen LogP contribution in [0.3, 0.4) is 0 Å². The number of nitrogens with zero attached hydrogens (tertiary/aromatic N) is 2. The minimum Gasteiger partial charge on any atom is -0.508 e. The first-order chi connectivity index (χ1) is 12.6. The number of hydrogen-bond acceptors (Lipinski definition) is 5. The third-order valence-corrected chi connectivity index (χ3v) is 4.83. The van der Waals surface area contributed by atoms with E-state index in [1.165, 1.54) is 0 Å². The van der Waals surface area contributed by atoms with Gasteiger partial charge in [-0.3, -0.25) is 5.10 Å². The summed E-state index contributed by atoms with van der Waals surface area (Å²) in [7, 11) is 0. The van der Waals surface area contributed by atoms with Crippen LogP contribution in [0.25, 0.3) is 11.3 Å². The molecule has 0 saturated carbocycles. The quantitative estimate of drug-likeness (QED) is 0.597. The molecule has 1 aromatic heterocycles. The molecule has 0 radical (unpaired) electrons. The number of allylic oxidation sites excluding steroid dienone is 1. The number of phenolic OH excluding ortho intramolecular Hbond substituents is 1. The largest absolute Gasteiger partial charge is 0.508 e. The lowest BCUT2D eigenvalue weighted by Gasteiger charge is -2.24. The predicted molar refractivity (Wildman–Crippen MR) is 99.1 cm³/mol. The highest BCUT2D eigenvalue weighted by molar-refractivity contribution is 9.10. The molecule has 1 atom stereocenters. The molecule has 1 unspecified atom stereocenters. The van der Waals surface area contributed by atoms with Gasteiger partial charge in [-0.1, -0.05) is 40.2 Å². The SMILES string of the molecule is N#CC1=C(N)Oc2n[nH]c(-c3ccc(Br)cc3)c2C1c1ccc(O)cc1. The summed E-state index contributed by atoms with van der Waals surface area (Å²) < 4.78 is 6.53. The van der Waals surface area contributed by atoms with E-state index in [2.05, 4.69) is 32.2 Å². The molecule has 1 aliphatic heterocycles. The van der Waals surface area contributed by atoms with Crippen LogP contribution >= 0.6 is 15.9 Å². The van der Waals surface area contributed by atoms with Crippen LogP contribution in [0.1, 0.15) is 17.0 Å². The average Bonchev–Trinajstić information content (AvgIpc) is 3.05. The molecule has 0 bridgehead atoms. The molecule has 3 aromatic rings. The number of rotatable bonds is 2. The van der Waals surface area contributed by atoms with Gasteiger partial charge in [-0.2, -0.15) is 5.26 Å². The van der Waals surface area contributed by atoms with Crippen LogP contribution in [0.5, 0.6) is 11.6 Å². The van der Waals surface area contributed by atoms with E-state index >= 15 is 0 Å². The number of nitriles is 1. The lowest BCUT2D eigenvalue weighted by atomic mass is 9.83. The molecule has 0 saturated heterocycles. The molecule has 128 valence electrons. The van der Waals surface area contributed by atoms with E-state index in [0.717, 1.165) is 26.9 Å². The van der Waals surface area contributed by atoms with Crippen molar-refractivity contribution in [2.24, 2.45) is 5.73 Å². The molecule has 6 nitrogen and oxygen atoms in total. The third kappa shape index (κ3) is 2.61. The molecular formula is C19H13BrN4O2. The fourth-order valence-corrected chi connectivity index (χ4v) is 3.35. The number of benzene rings is 2. The van der Waals surface area contributed by atoms with Crippen molar-refractivity contribution in [1.82, 2.24) is 10.2 Å². The standard InChI is InChI=1S/C19H13BrN4O2/c20-12-5-1-11(2-6-12)17-16-15(10-3-7-13(25)8-4-10)14(9-21)18(22)26-19(16)24-23-17/h1-8,15,25H,22H2,(H,23,24). The van der Waals surface area contributed by atoms with Gasteiger partial charge in [-0.15, -0.1) is 5.10 Å². The Kier molecular flexibility index (Phi) is 3.90. The Morgan fingerprint density at radius 1 is 1.15 bits per heavy atom. The van der Waals surface area contributed by atoms with E-state index in [4.69, 9.17) is 10.5 Å². The fraction of sp³-hybridized carbons (Fsp3) is 0.0526. The number of fused-ring (bicyclic) bond motifs is 1. The van der Waals surface area contributed by atoms with Crippen LogP contribution in [-0.2, 0) is 0 Å². The number of aromatic amines is 1. The summed E-state index contributed by atoms with van der Waals surface area (Å²) in [6.07, 6.45) is 0. The second-order valence-electron chi connectivity index (χ2n) is 5.84. The summed E-state index contributed by atoms with van der Waals surface area (Å²) in [5.41, 5.74) is 9.48. The molecular weight excluding hydrogens is 396 g/mol. The van der Waals surface area contributed by atoms with Crippen molar-refractivity contribution in [1.29, 1.82) is 5.26 Å². The minimum absolute atomic E-state index is 0.0342. The van der Waals surface area contributed by atoms with Crippen LogP contribution in [-0.4, -0.2) is 15.3 Å². The van der Waals surface area contributed by atoms with Gasteiger partial charge in [0.2, 0.25) is 11.8 Å². The van der Waals surface area contributed by atoms with Gasteiger partial charge >= 0.3 is 0 Å². The van der Waals surface area contributed by atoms with Crippen molar-refractivity contribution in [3.05, 3.63) is 75.6 Å². The van der Waals surface area contributed by atoms with Gasteiger partial charge in [0.15, 0.2) is 0 Å². The number of nitrogens with one attached hydrogen (secondary N) is 1. The van der Waals surface area contributed by atoms with Crippen LogP contribution in [0.15, 0.2) is 64.5 Å². The Hall–Kier alpha value is -3.24. The first kappa shape index (κ1) is 16.2. The smallest absolute Gasteiger partial charge is 0.244 e. The van der Waals surface area contributed by atoms with Crippen molar-refractivity contribution < 1.29 is 9.84 Å². The molecule has 26 heavy (non-hydrogen) atoms. The lowest BCUT2D eigenvalue weighted by Crippen LogP contribution is -2.20. The first-order valence-corrected chi connectivity index (χ1v) is 8.58. The zero-order valence-corrected chi connectivity index (χ0v) is 15.0. The van der Waals surface area contributed by atoms with Crippen molar-refractivity contribution in [3.63, 3.8) is 0 Å². The maximum atomic E-state index is 9.65. The molecule has 2 aromatic carbocycles. The van der Waals surface area contributed by atoms with Crippen LogP contribution in [0, 0.1) is 11.3 Å². The fourth-order valence-electron chi connectivity index (χ4n) is 3.08. The summed E-state index contributed by atoms with van der Waals surface area (Å²) in [5.74, 6) is 0.0861. The number of ether oxygens (including phenoxy) is 1. The van der Waals surface area contributed by atoms with Crippen molar-refractivity contribution in [3.8, 4) is 29.0 Å². The van der Waals surface area contributed by atoms with Gasteiger partial charge < -0.3 is 15.6 Å². The molecule has 7 heteroatoms. The molecule has 4 N–H and O–H groups in total. The second kappa shape index (κ2) is 6.24. The summed E-state index contributed by atoms with van der Waals surface area (Å²) >= 11 is 3.43. The zero-order valence-electron chi connectivity index (χ0n) is 13.4. The summed E-state index contributed by atoms with van der Waals surface area (Å²) in [4.78, 5) is 0. The summed E-state index contributed by atoms with van der Waals surface area (Å²) in [6.45, 7) is 0. The number of hydrogen-bond donors (Lipinski definition) is 3. The van der Waals surface area contributed by atoms with E-state index in [9.17, 15) is 10.4 Å². The normalized spacial score (nSPS) is 15.9. The Bertz CT molecular complexity index is 1050. The maximum absolute atomic E-state index is 9.65. The monoisotopic (exact) mass is 408 g/mol. The zero-order chi connectivity index (χ0) is 18.3. The van der Waals surface area contributed by atoms with Gasteiger partial charge in [-0.05, 0) is 29.8 Å². The highest BCUT2D eigenvalue weighted by Gasteiger charge is 2.35. The van der Waals surface area contributed by atoms with Crippen LogP contribution in [0.4, 0.5) is 0 Å². The Balaban J connectivity index is 1.93. The van der Waals surface area contributed by atoms with Crippen LogP contribution in [0.2, 0.25) is 0 Å². The Labute approximate surface area is 157 Å². The number of H-pyrrole nitrogens is 1. The van der Waals surface area contributed by atoms with Gasteiger partial charge in [0, 0.05) is 10.0 Å². The van der Waals surface area contributed by atoms with Gasteiger partial charge in [0.05, 0.1) is 17.2 Å². The third-order valence-electron chi connectivity index (χ3n) is 4.30. The van der Waals surface area contributed by atoms with Crippen molar-refractivity contribution in [2.75, 3.05) is 0 Å². The molecule has 1 aliphatic rings. The van der Waals surface area contributed by atoms with Crippen LogP contribution < -0.4 is 10.5 Å². The number of phenols is 1. The van der Waals surface area contributed by atoms with E-state index in [-0.39, 0.29) is 11.6 Å². The molecule has 0 amide bonds. The average molecular weight is 409 g/mol. The Morgan fingerprint density at radius 3 is 2.50 bits per heavy atom. The summed E-state index contributed by atoms with van der Waals surface area (Å²) in [5, 5.41) is 26.5. The van der Waals surface area contributed by atoms with E-state index < -0.39 is 5.92 Å². The molecule has 0 fully saturated rings. The second-order valence-corrected chi connectivity index (χ2v) is 6.76. The van der Waals surface area contributed by atoms with E-state index in [1.807, 2.05) is 24.3 Å². The molecule has 4 rings (SSSR count). The predicted octanol–water partition coefficient (Wildman–Crippen LogP) is 3.76. The van der Waals surface area contributed by atoms with Crippen molar-refractivity contribution in [2.45, 2.75) is 5.92 Å². The number of nitrogens with two attached hydrogens (primary N) is 1. The van der Waals surface area contributed by atoms with E-state index in [0.29, 0.717) is 11.5 Å². The Morgan fingerprint density at radius 2 is 1.85 bits per heavy atom. The molecule has 0 spiro atoms. The molecule has 0 aliphatic carbocycles. The van der Waals surface area contributed by atoms with Gasteiger partial charge in [-0.25, -0.2) is 0 Å².